The fourth-order valence-electron chi connectivity index (χ4n) is 2.02. The van der Waals surface area contributed by atoms with Gasteiger partial charge in [0.1, 0.15) is 24.3 Å². The predicted molar refractivity (Wildman–Crippen MR) is 75.7 cm³/mol. The number of nitrogens with two attached hydrogens (primary N) is 2. The average molecular weight is 300 g/mol. The zero-order chi connectivity index (χ0) is 16.0. The van der Waals surface area contributed by atoms with E-state index >= 15 is 0 Å². The average Bonchev–Trinajstić information content (AvgIpc) is 2.46. The van der Waals surface area contributed by atoms with E-state index in [0.717, 1.165) is 0 Å². The number of nitrogens with zero attached hydrogens (tertiary/aromatic N) is 2. The van der Waals surface area contributed by atoms with Crippen molar-refractivity contribution >= 4 is 18.5 Å². The Morgan fingerprint density at radius 2 is 2.19 bits per heavy atom. The first kappa shape index (κ1) is 17.1. The van der Waals surface area contributed by atoms with Crippen LogP contribution in [0.3, 0.4) is 0 Å². The summed E-state index contributed by atoms with van der Waals surface area (Å²) in [6, 6.07) is -1.48. The largest absolute Gasteiger partial charge is 0.482 e. The molecule has 21 heavy (non-hydrogen) atoms. The van der Waals surface area contributed by atoms with Gasteiger partial charge in [0, 0.05) is 0 Å². The van der Waals surface area contributed by atoms with E-state index in [2.05, 4.69) is 9.98 Å². The Balaban J connectivity index is 3.19. The molecular weight excluding hydrogens is 280 g/mol. The summed E-state index contributed by atoms with van der Waals surface area (Å²) in [5.41, 5.74) is 10.7. The first-order valence-electron chi connectivity index (χ1n) is 6.31. The Bertz CT molecular complexity index is 447. The van der Waals surface area contributed by atoms with Crippen LogP contribution < -0.4 is 11.5 Å². The summed E-state index contributed by atoms with van der Waals surface area (Å²) < 4.78 is 5.30. The summed E-state index contributed by atoms with van der Waals surface area (Å²) >= 11 is 0. The predicted octanol–water partition coefficient (Wildman–Crippen LogP) is -2.72. The molecule has 0 aliphatic carbocycles. The van der Waals surface area contributed by atoms with Gasteiger partial charge in [-0.1, -0.05) is 0 Å². The van der Waals surface area contributed by atoms with E-state index in [1.807, 2.05) is 0 Å². The van der Waals surface area contributed by atoms with Crippen LogP contribution in [-0.2, 0) is 9.53 Å². The third kappa shape index (κ3) is 4.25. The van der Waals surface area contributed by atoms with Crippen molar-refractivity contribution in [2.75, 3.05) is 6.61 Å². The van der Waals surface area contributed by atoms with E-state index in [0.29, 0.717) is 6.29 Å². The molecule has 0 unspecified atom stereocenters. The van der Waals surface area contributed by atoms with Crippen molar-refractivity contribution in [1.82, 2.24) is 0 Å². The van der Waals surface area contributed by atoms with Crippen LogP contribution in [0.5, 0.6) is 0 Å². The molecule has 7 N–H and O–H groups in total. The smallest absolute Gasteiger partial charge is 0.186 e. The summed E-state index contributed by atoms with van der Waals surface area (Å²) in [6.07, 6.45) is -0.722. The Morgan fingerprint density at radius 3 is 2.67 bits per heavy atom. The van der Waals surface area contributed by atoms with Crippen molar-refractivity contribution in [2.24, 2.45) is 21.5 Å². The monoisotopic (exact) mass is 300 g/mol. The Kier molecular flexibility index (Phi) is 6.28. The van der Waals surface area contributed by atoms with Crippen LogP contribution in [0, 0.1) is 0 Å². The summed E-state index contributed by atoms with van der Waals surface area (Å²) in [6.45, 7) is 0.980. The van der Waals surface area contributed by atoms with Gasteiger partial charge in [-0.3, -0.25) is 9.79 Å². The van der Waals surface area contributed by atoms with Crippen molar-refractivity contribution in [2.45, 2.75) is 37.3 Å². The highest BCUT2D eigenvalue weighted by Gasteiger charge is 2.41. The number of carbonyl (C=O) groups is 1. The first-order valence-corrected chi connectivity index (χ1v) is 6.31. The first-order chi connectivity index (χ1) is 9.94. The molecule has 1 heterocycles. The molecule has 1 aliphatic heterocycles. The minimum Gasteiger partial charge on any atom is -0.482 e. The van der Waals surface area contributed by atoms with Gasteiger partial charge in [0.15, 0.2) is 24.1 Å². The number of allylic oxidation sites excluding steroid dienone is 1. The van der Waals surface area contributed by atoms with E-state index in [-0.39, 0.29) is 11.7 Å². The molecule has 0 fully saturated rings. The number of guanidine groups is 1. The van der Waals surface area contributed by atoms with Gasteiger partial charge in [0.25, 0.3) is 0 Å². The van der Waals surface area contributed by atoms with Gasteiger partial charge in [-0.25, -0.2) is 4.99 Å². The van der Waals surface area contributed by atoms with Crippen LogP contribution in [0.1, 0.15) is 6.92 Å². The van der Waals surface area contributed by atoms with Crippen LogP contribution in [0.2, 0.25) is 0 Å². The van der Waals surface area contributed by atoms with Gasteiger partial charge in [0.2, 0.25) is 0 Å². The molecule has 0 saturated carbocycles. The highest BCUT2D eigenvalue weighted by Crippen LogP contribution is 2.25. The van der Waals surface area contributed by atoms with Crippen molar-refractivity contribution in [3.8, 4) is 0 Å². The number of rotatable bonds is 6. The maximum atomic E-state index is 10.9. The number of ether oxygens (including phenoxy) is 1. The second-order valence-corrected chi connectivity index (χ2v) is 4.45. The molecular formula is C12H20N4O5. The molecule has 0 radical (unpaired) electrons. The van der Waals surface area contributed by atoms with Gasteiger partial charge in [0.05, 0.1) is 6.61 Å². The minimum atomic E-state index is -1.47. The quantitative estimate of drug-likeness (QED) is 0.202. The molecule has 9 heteroatoms. The molecule has 5 atom stereocenters. The zero-order valence-corrected chi connectivity index (χ0v) is 11.5. The van der Waals surface area contributed by atoms with E-state index in [1.54, 1.807) is 6.92 Å². The number of aliphatic hydroxyl groups excluding tert-OH is 3. The van der Waals surface area contributed by atoms with Crippen molar-refractivity contribution in [3.05, 3.63) is 11.8 Å². The number of aliphatic imine (C=N–C) groups is 2. The molecule has 1 rings (SSSR count). The van der Waals surface area contributed by atoms with Gasteiger partial charge in [-0.2, -0.15) is 0 Å². The van der Waals surface area contributed by atoms with Crippen LogP contribution in [0.25, 0.3) is 0 Å². The zero-order valence-electron chi connectivity index (χ0n) is 11.5. The van der Waals surface area contributed by atoms with Crippen LogP contribution in [0.4, 0.5) is 0 Å². The van der Waals surface area contributed by atoms with Crippen LogP contribution >= 0.6 is 0 Å². The highest BCUT2D eigenvalue weighted by molar-refractivity contribution is 5.77. The topological polar surface area (TPSA) is 164 Å². The molecule has 0 aromatic rings. The van der Waals surface area contributed by atoms with Crippen molar-refractivity contribution in [3.63, 3.8) is 0 Å². The Hall–Kier alpha value is -1.97. The van der Waals surface area contributed by atoms with E-state index in [9.17, 15) is 15.0 Å². The van der Waals surface area contributed by atoms with Gasteiger partial charge in [-0.15, -0.1) is 0 Å². The lowest BCUT2D eigenvalue weighted by Crippen LogP contribution is -2.52. The number of carbonyl (C=O) groups excluding carboxylic acids is 1. The SMILES string of the molecule is CC=N[C@H]1[C@H]([C@H](O)[C@H](O)CO)OC(C=O)=C[C@@H]1N=C(N)N. The molecule has 9 nitrogen and oxygen atoms in total. The van der Waals surface area contributed by atoms with Gasteiger partial charge >= 0.3 is 0 Å². The molecule has 0 bridgehead atoms. The van der Waals surface area contributed by atoms with Crippen LogP contribution in [0.15, 0.2) is 21.8 Å². The van der Waals surface area contributed by atoms with Gasteiger partial charge in [-0.05, 0) is 19.2 Å². The van der Waals surface area contributed by atoms with E-state index in [1.165, 1.54) is 12.3 Å². The fourth-order valence-corrected chi connectivity index (χ4v) is 2.02. The van der Waals surface area contributed by atoms with E-state index < -0.39 is 37.0 Å². The maximum absolute atomic E-state index is 10.9. The van der Waals surface area contributed by atoms with Crippen LogP contribution in [-0.4, -0.2) is 70.8 Å². The number of hydrogen-bond donors (Lipinski definition) is 5. The summed E-state index contributed by atoms with van der Waals surface area (Å²) in [4.78, 5) is 19.0. The second kappa shape index (κ2) is 7.72. The number of aldehydes is 1. The minimum absolute atomic E-state index is 0.0817. The molecule has 0 aromatic heterocycles. The summed E-state index contributed by atoms with van der Waals surface area (Å²) in [7, 11) is 0. The Labute approximate surface area is 121 Å². The lowest BCUT2D eigenvalue weighted by molar-refractivity contribution is -0.119. The van der Waals surface area contributed by atoms with Gasteiger partial charge < -0.3 is 31.5 Å². The normalized spacial score (nSPS) is 28.4. The lowest BCUT2D eigenvalue weighted by atomic mass is 9.93. The maximum Gasteiger partial charge on any atom is 0.186 e. The van der Waals surface area contributed by atoms with E-state index in [4.69, 9.17) is 21.3 Å². The van der Waals surface area contributed by atoms with Crippen molar-refractivity contribution in [1.29, 1.82) is 0 Å². The van der Waals surface area contributed by atoms with Crippen molar-refractivity contribution < 1.29 is 24.9 Å². The summed E-state index contributed by atoms with van der Waals surface area (Å²) in [5, 5.41) is 28.5. The molecule has 1 aliphatic rings. The molecule has 0 saturated heterocycles. The standard InChI is InChI=1S/C12H20N4O5/c1-2-15-9-7(16-12(13)14)3-6(4-17)21-11(9)10(20)8(19)5-18/h2-4,7-11,18-20H,5H2,1H3,(H4,13,14,16)/t7-,8+,9+,10+,11+/m0/s1. The fraction of sp³-hybridized carbons (Fsp3) is 0.583. The Morgan fingerprint density at radius 1 is 1.52 bits per heavy atom. The molecule has 0 spiro atoms. The molecule has 0 aromatic carbocycles. The molecule has 118 valence electrons. The summed E-state index contributed by atoms with van der Waals surface area (Å²) in [5.74, 6) is -0.294. The lowest BCUT2D eigenvalue weighted by Gasteiger charge is -2.36. The highest BCUT2D eigenvalue weighted by atomic mass is 16.5. The third-order valence-corrected chi connectivity index (χ3v) is 2.95. The second-order valence-electron chi connectivity index (χ2n) is 4.45. The number of aliphatic hydroxyl groups is 3. The number of hydrogen-bond acceptors (Lipinski definition) is 7. The third-order valence-electron chi connectivity index (χ3n) is 2.95. The molecule has 0 amide bonds.